The highest BCUT2D eigenvalue weighted by molar-refractivity contribution is 7.99. The molecule has 1 saturated heterocycles. The Hall–Kier alpha value is -1.89. The fourth-order valence-electron chi connectivity index (χ4n) is 2.76. The lowest BCUT2D eigenvalue weighted by molar-refractivity contribution is -0.0428. The zero-order valence-corrected chi connectivity index (χ0v) is 15.2. The zero-order chi connectivity index (χ0) is 17.6. The number of nitrogens with two attached hydrogens (primary N) is 2. The molecule has 134 valence electrons. The van der Waals surface area contributed by atoms with Crippen molar-refractivity contribution in [3.63, 3.8) is 0 Å². The third-order valence-corrected chi connectivity index (χ3v) is 5.18. The molecule has 0 aliphatic carbocycles. The van der Waals surface area contributed by atoms with Crippen molar-refractivity contribution < 1.29 is 9.47 Å². The Morgan fingerprint density at radius 2 is 1.92 bits per heavy atom. The van der Waals surface area contributed by atoms with Crippen LogP contribution in [-0.2, 0) is 4.74 Å². The van der Waals surface area contributed by atoms with Crippen LogP contribution < -0.4 is 21.5 Å². The number of ether oxygens (including phenoxy) is 2. The highest BCUT2D eigenvalue weighted by atomic mass is 32.2. The second-order valence-corrected chi connectivity index (χ2v) is 7.19. The molecule has 3 rings (SSSR count). The van der Waals surface area contributed by atoms with Crippen molar-refractivity contribution in [2.45, 2.75) is 35.3 Å². The molecule has 0 spiro atoms. The van der Waals surface area contributed by atoms with E-state index >= 15 is 0 Å². The largest absolute Gasteiger partial charge is 0.488 e. The molecule has 1 fully saturated rings. The summed E-state index contributed by atoms with van der Waals surface area (Å²) in [6, 6.07) is 13.8. The van der Waals surface area contributed by atoms with Crippen molar-refractivity contribution in [2.75, 3.05) is 31.2 Å². The quantitative estimate of drug-likeness (QED) is 0.687. The average molecular weight is 359 g/mol. The van der Waals surface area contributed by atoms with Gasteiger partial charge in [-0.25, -0.2) is 0 Å². The predicted molar refractivity (Wildman–Crippen MR) is 103 cm³/mol. The summed E-state index contributed by atoms with van der Waals surface area (Å²) in [6.45, 7) is 4.61. The van der Waals surface area contributed by atoms with Gasteiger partial charge in [0.1, 0.15) is 18.0 Å². The van der Waals surface area contributed by atoms with E-state index in [2.05, 4.69) is 24.4 Å². The van der Waals surface area contributed by atoms with Crippen LogP contribution in [-0.4, -0.2) is 31.9 Å². The van der Waals surface area contributed by atoms with Crippen LogP contribution in [0.15, 0.2) is 52.3 Å². The molecule has 2 aromatic carbocycles. The van der Waals surface area contributed by atoms with Gasteiger partial charge in [0.2, 0.25) is 0 Å². The molecule has 0 saturated carbocycles. The fraction of sp³-hybridized carbons (Fsp3) is 0.368. The van der Waals surface area contributed by atoms with E-state index in [1.54, 1.807) is 11.8 Å². The summed E-state index contributed by atoms with van der Waals surface area (Å²) in [7, 11) is 0. The van der Waals surface area contributed by atoms with E-state index < -0.39 is 0 Å². The van der Waals surface area contributed by atoms with Crippen LogP contribution in [0.25, 0.3) is 0 Å². The Labute approximate surface area is 153 Å². The van der Waals surface area contributed by atoms with Crippen molar-refractivity contribution >= 4 is 23.1 Å². The Balaban J connectivity index is 1.61. The predicted octanol–water partition coefficient (Wildman–Crippen LogP) is 3.15. The summed E-state index contributed by atoms with van der Waals surface area (Å²) < 4.78 is 11.9. The van der Waals surface area contributed by atoms with Gasteiger partial charge in [0.05, 0.1) is 18.0 Å². The van der Waals surface area contributed by atoms with Gasteiger partial charge in [0.25, 0.3) is 0 Å². The summed E-state index contributed by atoms with van der Waals surface area (Å²) >= 11 is 1.65. The van der Waals surface area contributed by atoms with E-state index in [-0.39, 0.29) is 12.2 Å². The SMILES string of the molecule is CCC(Oc1ccc(Sc2ccc(N)c(N)c2)cc1)C1CNCCO1. The minimum absolute atomic E-state index is 0.0585. The van der Waals surface area contributed by atoms with Crippen LogP contribution >= 0.6 is 11.8 Å². The second-order valence-electron chi connectivity index (χ2n) is 6.04. The number of anilines is 2. The number of rotatable bonds is 6. The first-order valence-corrected chi connectivity index (χ1v) is 9.39. The lowest BCUT2D eigenvalue weighted by Gasteiger charge is -2.30. The number of morpholine rings is 1. The molecule has 1 heterocycles. The molecule has 0 radical (unpaired) electrons. The van der Waals surface area contributed by atoms with Gasteiger partial charge in [0.15, 0.2) is 0 Å². The first-order chi connectivity index (χ1) is 12.2. The van der Waals surface area contributed by atoms with Crippen LogP contribution in [0.4, 0.5) is 11.4 Å². The molecule has 25 heavy (non-hydrogen) atoms. The molecular weight excluding hydrogens is 334 g/mol. The summed E-state index contributed by atoms with van der Waals surface area (Å²) in [6.07, 6.45) is 1.07. The molecule has 0 aromatic heterocycles. The van der Waals surface area contributed by atoms with Crippen LogP contribution in [0.3, 0.4) is 0 Å². The molecule has 0 amide bonds. The highest BCUT2D eigenvalue weighted by Crippen LogP contribution is 2.32. The van der Waals surface area contributed by atoms with E-state index in [0.717, 1.165) is 41.7 Å². The Kier molecular flexibility index (Phi) is 6.07. The molecule has 6 heteroatoms. The summed E-state index contributed by atoms with van der Waals surface area (Å²) in [4.78, 5) is 2.19. The monoisotopic (exact) mass is 359 g/mol. The first kappa shape index (κ1) is 17.9. The molecule has 5 N–H and O–H groups in total. The average Bonchev–Trinajstić information content (AvgIpc) is 2.65. The van der Waals surface area contributed by atoms with Crippen LogP contribution in [0, 0.1) is 0 Å². The van der Waals surface area contributed by atoms with E-state index in [1.807, 2.05) is 30.3 Å². The smallest absolute Gasteiger partial charge is 0.126 e. The van der Waals surface area contributed by atoms with Gasteiger partial charge in [-0.3, -0.25) is 0 Å². The molecule has 1 aliphatic heterocycles. The molecule has 5 nitrogen and oxygen atoms in total. The summed E-state index contributed by atoms with van der Waals surface area (Å²) in [5.74, 6) is 0.863. The van der Waals surface area contributed by atoms with Gasteiger partial charge >= 0.3 is 0 Å². The number of hydrogen-bond donors (Lipinski definition) is 3. The maximum Gasteiger partial charge on any atom is 0.126 e. The highest BCUT2D eigenvalue weighted by Gasteiger charge is 2.24. The van der Waals surface area contributed by atoms with Crippen LogP contribution in [0.5, 0.6) is 5.75 Å². The molecule has 2 unspecified atom stereocenters. The zero-order valence-electron chi connectivity index (χ0n) is 14.4. The van der Waals surface area contributed by atoms with Crippen molar-refractivity contribution in [1.29, 1.82) is 0 Å². The van der Waals surface area contributed by atoms with E-state index in [4.69, 9.17) is 20.9 Å². The van der Waals surface area contributed by atoms with Crippen molar-refractivity contribution in [3.8, 4) is 5.75 Å². The Morgan fingerprint density at radius 3 is 2.56 bits per heavy atom. The lowest BCUT2D eigenvalue weighted by atomic mass is 10.1. The van der Waals surface area contributed by atoms with Crippen LogP contribution in [0.1, 0.15) is 13.3 Å². The van der Waals surface area contributed by atoms with Crippen molar-refractivity contribution in [3.05, 3.63) is 42.5 Å². The van der Waals surface area contributed by atoms with Gasteiger partial charge in [-0.05, 0) is 48.9 Å². The summed E-state index contributed by atoms with van der Waals surface area (Å²) in [5, 5.41) is 3.35. The maximum absolute atomic E-state index is 6.13. The number of benzene rings is 2. The van der Waals surface area contributed by atoms with Crippen LogP contribution in [0.2, 0.25) is 0 Å². The van der Waals surface area contributed by atoms with E-state index in [0.29, 0.717) is 11.4 Å². The van der Waals surface area contributed by atoms with Gasteiger partial charge in [-0.15, -0.1) is 0 Å². The van der Waals surface area contributed by atoms with E-state index in [1.165, 1.54) is 0 Å². The molecule has 2 atom stereocenters. The molecule has 0 bridgehead atoms. The lowest BCUT2D eigenvalue weighted by Crippen LogP contribution is -2.47. The van der Waals surface area contributed by atoms with Gasteiger partial charge < -0.3 is 26.3 Å². The molecular formula is C19H25N3O2S. The van der Waals surface area contributed by atoms with E-state index in [9.17, 15) is 0 Å². The minimum Gasteiger partial charge on any atom is -0.488 e. The topological polar surface area (TPSA) is 82.5 Å². The summed E-state index contributed by atoms with van der Waals surface area (Å²) in [5.41, 5.74) is 12.8. The first-order valence-electron chi connectivity index (χ1n) is 8.57. The second kappa shape index (κ2) is 8.47. The fourth-order valence-corrected chi connectivity index (χ4v) is 3.63. The van der Waals surface area contributed by atoms with Crippen molar-refractivity contribution in [1.82, 2.24) is 5.32 Å². The Morgan fingerprint density at radius 1 is 1.16 bits per heavy atom. The van der Waals surface area contributed by atoms with Gasteiger partial charge in [-0.2, -0.15) is 0 Å². The standard InChI is InChI=1S/C19H25N3O2S/c1-2-18(19-12-22-9-10-23-19)24-13-3-5-14(6-4-13)25-15-7-8-16(20)17(21)11-15/h3-8,11,18-19,22H,2,9-10,12,20-21H2,1H3. The minimum atomic E-state index is 0.0585. The number of nitrogens with one attached hydrogen (secondary N) is 1. The third kappa shape index (κ3) is 4.81. The third-order valence-electron chi connectivity index (χ3n) is 4.18. The Bertz CT molecular complexity index is 688. The maximum atomic E-state index is 6.13. The van der Waals surface area contributed by atoms with Gasteiger partial charge in [0, 0.05) is 22.9 Å². The number of hydrogen-bond acceptors (Lipinski definition) is 6. The molecule has 2 aromatic rings. The number of nitrogen functional groups attached to an aromatic ring is 2. The van der Waals surface area contributed by atoms with Gasteiger partial charge in [-0.1, -0.05) is 18.7 Å². The van der Waals surface area contributed by atoms with Crippen molar-refractivity contribution in [2.24, 2.45) is 0 Å². The molecule has 1 aliphatic rings. The normalized spacial score (nSPS) is 18.7.